The summed E-state index contributed by atoms with van der Waals surface area (Å²) in [7, 11) is 0. The van der Waals surface area contributed by atoms with Crippen LogP contribution in [0.4, 0.5) is 5.69 Å². The molecule has 0 bridgehead atoms. The summed E-state index contributed by atoms with van der Waals surface area (Å²) in [5.74, 6) is 0. The van der Waals surface area contributed by atoms with E-state index in [0.717, 1.165) is 11.3 Å². The Morgan fingerprint density at radius 3 is 2.21 bits per heavy atom. The molecule has 94 valence electrons. The molecule has 0 heterocycles. The number of benzene rings is 3. The van der Waals surface area contributed by atoms with Gasteiger partial charge in [0.15, 0.2) is 0 Å². The van der Waals surface area contributed by atoms with E-state index in [1.165, 1.54) is 27.5 Å². The molecule has 19 heavy (non-hydrogen) atoms. The van der Waals surface area contributed by atoms with E-state index in [1.807, 2.05) is 12.1 Å². The molecule has 2 N–H and O–H groups in total. The molecule has 0 spiro atoms. The minimum atomic E-state index is 0.849. The molecule has 0 aliphatic heterocycles. The van der Waals surface area contributed by atoms with Gasteiger partial charge in [-0.05, 0) is 52.9 Å². The zero-order valence-electron chi connectivity index (χ0n) is 11.3. The van der Waals surface area contributed by atoms with Crippen LogP contribution in [0.2, 0.25) is 0 Å². The van der Waals surface area contributed by atoms with Gasteiger partial charge in [0.2, 0.25) is 0 Å². The van der Waals surface area contributed by atoms with Gasteiger partial charge in [-0.1, -0.05) is 48.5 Å². The molecule has 3 aromatic carbocycles. The minimum absolute atomic E-state index is 0.849. The fourth-order valence-electron chi connectivity index (χ4n) is 2.63. The number of nitrogen functional groups attached to an aromatic ring is 1. The Kier molecular flexibility index (Phi) is 2.75. The van der Waals surface area contributed by atoms with Crippen LogP contribution in [-0.4, -0.2) is 0 Å². The molecule has 0 aliphatic carbocycles. The number of aryl methyl sites for hydroxylation is 1. The number of hydrogen-bond donors (Lipinski definition) is 1. The third-order valence-corrected chi connectivity index (χ3v) is 3.81. The highest BCUT2D eigenvalue weighted by Gasteiger charge is 2.08. The van der Waals surface area contributed by atoms with E-state index < -0.39 is 0 Å². The Hall–Kier alpha value is -2.28. The summed E-state index contributed by atoms with van der Waals surface area (Å²) in [4.78, 5) is 0. The van der Waals surface area contributed by atoms with Gasteiger partial charge in [-0.2, -0.15) is 0 Å². The van der Waals surface area contributed by atoms with Crippen molar-refractivity contribution in [3.05, 3.63) is 65.7 Å². The molecule has 0 atom stereocenters. The average Bonchev–Trinajstić information content (AvgIpc) is 2.43. The van der Waals surface area contributed by atoms with E-state index in [9.17, 15) is 0 Å². The van der Waals surface area contributed by atoms with E-state index in [1.54, 1.807) is 0 Å². The van der Waals surface area contributed by atoms with Crippen LogP contribution in [0.3, 0.4) is 0 Å². The van der Waals surface area contributed by atoms with Crippen LogP contribution in [0.5, 0.6) is 0 Å². The zero-order valence-corrected chi connectivity index (χ0v) is 11.3. The normalized spacial score (nSPS) is 10.8. The molecule has 0 saturated carbocycles. The molecule has 1 heteroatoms. The second-order valence-corrected chi connectivity index (χ2v) is 5.00. The summed E-state index contributed by atoms with van der Waals surface area (Å²) < 4.78 is 0. The first-order valence-electron chi connectivity index (χ1n) is 6.52. The van der Waals surface area contributed by atoms with Crippen molar-refractivity contribution in [3.8, 4) is 11.1 Å². The molecule has 0 saturated heterocycles. The van der Waals surface area contributed by atoms with Crippen molar-refractivity contribution in [1.82, 2.24) is 0 Å². The highest BCUT2D eigenvalue weighted by Crippen LogP contribution is 2.33. The quantitative estimate of drug-likeness (QED) is 0.619. The third kappa shape index (κ3) is 1.88. The van der Waals surface area contributed by atoms with Crippen LogP contribution in [0.1, 0.15) is 11.1 Å². The highest BCUT2D eigenvalue weighted by molar-refractivity contribution is 5.99. The first-order valence-corrected chi connectivity index (χ1v) is 6.52. The molecule has 0 aromatic heterocycles. The van der Waals surface area contributed by atoms with Crippen LogP contribution >= 0.6 is 0 Å². The predicted octanol–water partition coefficient (Wildman–Crippen LogP) is 4.71. The van der Waals surface area contributed by atoms with E-state index in [-0.39, 0.29) is 0 Å². The Morgan fingerprint density at radius 1 is 0.684 bits per heavy atom. The topological polar surface area (TPSA) is 26.0 Å². The fraction of sp³-hybridized carbons (Fsp3) is 0.111. The minimum Gasteiger partial charge on any atom is -0.398 e. The molecule has 0 aliphatic rings. The molecule has 0 unspecified atom stereocenters. The first-order chi connectivity index (χ1) is 9.18. The lowest BCUT2D eigenvalue weighted by Gasteiger charge is -2.13. The monoisotopic (exact) mass is 247 g/mol. The Labute approximate surface area is 113 Å². The Morgan fingerprint density at radius 2 is 1.42 bits per heavy atom. The smallest absolute Gasteiger partial charge is 0.0349 e. The number of hydrogen-bond acceptors (Lipinski definition) is 1. The summed E-state index contributed by atoms with van der Waals surface area (Å²) in [6.07, 6.45) is 0. The van der Waals surface area contributed by atoms with Crippen LogP contribution in [0.25, 0.3) is 21.9 Å². The second-order valence-electron chi connectivity index (χ2n) is 5.00. The van der Waals surface area contributed by atoms with Crippen molar-refractivity contribution in [3.63, 3.8) is 0 Å². The predicted molar refractivity (Wildman–Crippen MR) is 83.3 cm³/mol. The Bertz CT molecular complexity index is 757. The van der Waals surface area contributed by atoms with Crippen LogP contribution in [0.15, 0.2) is 54.6 Å². The number of anilines is 1. The van der Waals surface area contributed by atoms with E-state index in [0.29, 0.717) is 0 Å². The third-order valence-electron chi connectivity index (χ3n) is 3.81. The Balaban J connectivity index is 2.38. The van der Waals surface area contributed by atoms with Crippen molar-refractivity contribution >= 4 is 16.5 Å². The first kappa shape index (κ1) is 11.8. The number of fused-ring (bicyclic) bond motifs is 1. The maximum atomic E-state index is 6.03. The summed E-state index contributed by atoms with van der Waals surface area (Å²) >= 11 is 0. The van der Waals surface area contributed by atoms with Gasteiger partial charge in [0, 0.05) is 5.69 Å². The molecule has 0 fully saturated rings. The van der Waals surface area contributed by atoms with Gasteiger partial charge in [0.05, 0.1) is 0 Å². The lowest BCUT2D eigenvalue weighted by Crippen LogP contribution is -1.93. The molecule has 3 rings (SSSR count). The lowest BCUT2D eigenvalue weighted by molar-refractivity contribution is 1.46. The molecule has 3 aromatic rings. The largest absolute Gasteiger partial charge is 0.398 e. The van der Waals surface area contributed by atoms with E-state index >= 15 is 0 Å². The van der Waals surface area contributed by atoms with Gasteiger partial charge in [-0.25, -0.2) is 0 Å². The molecular weight excluding hydrogens is 230 g/mol. The van der Waals surface area contributed by atoms with Crippen molar-refractivity contribution in [2.45, 2.75) is 13.8 Å². The van der Waals surface area contributed by atoms with Crippen molar-refractivity contribution in [1.29, 1.82) is 0 Å². The van der Waals surface area contributed by atoms with Crippen molar-refractivity contribution < 1.29 is 0 Å². The van der Waals surface area contributed by atoms with Gasteiger partial charge >= 0.3 is 0 Å². The van der Waals surface area contributed by atoms with E-state index in [2.05, 4.69) is 56.3 Å². The average molecular weight is 247 g/mol. The van der Waals surface area contributed by atoms with Gasteiger partial charge in [0.1, 0.15) is 0 Å². The van der Waals surface area contributed by atoms with Crippen LogP contribution < -0.4 is 5.73 Å². The van der Waals surface area contributed by atoms with Gasteiger partial charge < -0.3 is 5.73 Å². The maximum absolute atomic E-state index is 6.03. The van der Waals surface area contributed by atoms with Crippen molar-refractivity contribution in [2.24, 2.45) is 0 Å². The van der Waals surface area contributed by atoms with Crippen LogP contribution in [-0.2, 0) is 0 Å². The molecule has 1 nitrogen and oxygen atoms in total. The van der Waals surface area contributed by atoms with E-state index in [4.69, 9.17) is 5.73 Å². The molecular formula is C18H17N. The number of rotatable bonds is 1. The lowest BCUT2D eigenvalue weighted by atomic mass is 9.92. The fourth-order valence-corrected chi connectivity index (χ4v) is 2.63. The zero-order chi connectivity index (χ0) is 13.4. The standard InChI is InChI=1S/C18H17N/c1-12-10-11-17(16-7-4-3-6-14(12)16)15-8-5-9-18(19)13(15)2/h3-11H,19H2,1-2H3. The SMILES string of the molecule is Cc1c(N)cccc1-c1ccc(C)c2ccccc12. The summed E-state index contributed by atoms with van der Waals surface area (Å²) in [5, 5.41) is 2.60. The maximum Gasteiger partial charge on any atom is 0.0349 e. The summed E-state index contributed by atoms with van der Waals surface area (Å²) in [6.45, 7) is 4.23. The summed E-state index contributed by atoms with van der Waals surface area (Å²) in [5.41, 5.74) is 11.8. The van der Waals surface area contributed by atoms with Crippen LogP contribution in [0, 0.1) is 13.8 Å². The highest BCUT2D eigenvalue weighted by atomic mass is 14.6. The molecule has 0 radical (unpaired) electrons. The summed E-state index contributed by atoms with van der Waals surface area (Å²) in [6, 6.07) is 19.0. The molecule has 0 amide bonds. The van der Waals surface area contributed by atoms with Gasteiger partial charge in [-0.15, -0.1) is 0 Å². The van der Waals surface area contributed by atoms with Gasteiger partial charge in [-0.3, -0.25) is 0 Å². The number of nitrogens with two attached hydrogens (primary N) is 1. The van der Waals surface area contributed by atoms with Crippen molar-refractivity contribution in [2.75, 3.05) is 5.73 Å². The van der Waals surface area contributed by atoms with Gasteiger partial charge in [0.25, 0.3) is 0 Å². The second kappa shape index (κ2) is 4.43.